The highest BCUT2D eigenvalue weighted by molar-refractivity contribution is 7.91. The number of carbonyl (C=O) groups is 1. The van der Waals surface area contributed by atoms with Crippen molar-refractivity contribution in [1.29, 1.82) is 0 Å². The number of nitrogen functional groups attached to an aromatic ring is 1. The Bertz CT molecular complexity index is 624. The summed E-state index contributed by atoms with van der Waals surface area (Å²) in [5, 5.41) is 2.85. The molecule has 0 radical (unpaired) electrons. The van der Waals surface area contributed by atoms with Gasteiger partial charge in [0, 0.05) is 37.4 Å². The molecule has 2 rings (SSSR count). The molecule has 1 aliphatic heterocycles. The van der Waals surface area contributed by atoms with Crippen molar-refractivity contribution in [2.24, 2.45) is 0 Å². The van der Waals surface area contributed by atoms with Crippen LogP contribution in [0.1, 0.15) is 15.9 Å². The fourth-order valence-electron chi connectivity index (χ4n) is 2.28. The number of halogens is 2. The van der Waals surface area contributed by atoms with Gasteiger partial charge in [-0.1, -0.05) is 6.07 Å². The molecule has 1 heterocycles. The summed E-state index contributed by atoms with van der Waals surface area (Å²) >= 11 is 0. The Labute approximate surface area is 149 Å². The van der Waals surface area contributed by atoms with Crippen LogP contribution in [0.4, 0.5) is 5.69 Å². The van der Waals surface area contributed by atoms with E-state index in [0.29, 0.717) is 37.4 Å². The molecule has 1 aromatic rings. The number of amides is 1. The minimum atomic E-state index is -2.85. The molecule has 0 aliphatic carbocycles. The Balaban J connectivity index is 0.00000242. The lowest BCUT2D eigenvalue weighted by atomic mass is 10.1. The van der Waals surface area contributed by atoms with Gasteiger partial charge in [0.2, 0.25) is 0 Å². The van der Waals surface area contributed by atoms with Crippen molar-refractivity contribution in [3.8, 4) is 0 Å². The van der Waals surface area contributed by atoms with E-state index in [0.717, 1.165) is 5.56 Å². The van der Waals surface area contributed by atoms with Gasteiger partial charge in [0.15, 0.2) is 9.84 Å². The van der Waals surface area contributed by atoms with E-state index < -0.39 is 9.84 Å². The van der Waals surface area contributed by atoms with Crippen molar-refractivity contribution in [3.63, 3.8) is 0 Å². The van der Waals surface area contributed by atoms with Crippen LogP contribution in [0.25, 0.3) is 0 Å². The Morgan fingerprint density at radius 3 is 2.48 bits per heavy atom. The van der Waals surface area contributed by atoms with Crippen LogP contribution < -0.4 is 11.1 Å². The van der Waals surface area contributed by atoms with Gasteiger partial charge in [-0.15, -0.1) is 24.8 Å². The predicted octanol–water partition coefficient (Wildman–Crippen LogP) is 0.881. The van der Waals surface area contributed by atoms with Crippen molar-refractivity contribution in [2.75, 3.05) is 43.4 Å². The largest absolute Gasteiger partial charge is 0.399 e. The number of nitrogens with zero attached hydrogens (tertiary/aromatic N) is 1. The Hall–Kier alpha value is -1.02. The van der Waals surface area contributed by atoms with Gasteiger partial charge in [-0.3, -0.25) is 9.69 Å². The highest BCUT2D eigenvalue weighted by Crippen LogP contribution is 2.12. The smallest absolute Gasteiger partial charge is 0.251 e. The van der Waals surface area contributed by atoms with Gasteiger partial charge in [-0.05, 0) is 24.6 Å². The fraction of sp³-hybridized carbons (Fsp3) is 0.500. The van der Waals surface area contributed by atoms with Crippen LogP contribution >= 0.6 is 24.8 Å². The molecule has 23 heavy (non-hydrogen) atoms. The van der Waals surface area contributed by atoms with Crippen molar-refractivity contribution in [2.45, 2.75) is 6.92 Å². The van der Waals surface area contributed by atoms with E-state index in [2.05, 4.69) is 5.32 Å². The minimum Gasteiger partial charge on any atom is -0.399 e. The SMILES string of the molecule is Cc1ccc(N)cc1C(=O)NCCN1CCS(=O)(=O)CC1.Cl.Cl. The molecule has 0 unspecified atom stereocenters. The first-order valence-electron chi connectivity index (χ1n) is 6.94. The average Bonchev–Trinajstić information content (AvgIpc) is 2.43. The summed E-state index contributed by atoms with van der Waals surface area (Å²) in [6.45, 7) is 4.09. The maximum absolute atomic E-state index is 12.1. The molecule has 6 nitrogen and oxygen atoms in total. The van der Waals surface area contributed by atoms with Crippen molar-refractivity contribution in [1.82, 2.24) is 10.2 Å². The number of benzene rings is 1. The first-order valence-corrected chi connectivity index (χ1v) is 8.77. The predicted molar refractivity (Wildman–Crippen MR) is 97.5 cm³/mol. The van der Waals surface area contributed by atoms with Crippen LogP contribution in [0, 0.1) is 6.92 Å². The second-order valence-corrected chi connectivity index (χ2v) is 7.63. The highest BCUT2D eigenvalue weighted by Gasteiger charge is 2.21. The number of rotatable bonds is 4. The summed E-state index contributed by atoms with van der Waals surface area (Å²) in [5.41, 5.74) is 7.71. The lowest BCUT2D eigenvalue weighted by Gasteiger charge is -2.26. The van der Waals surface area contributed by atoms with Crippen LogP contribution in [0.3, 0.4) is 0 Å². The molecule has 0 spiro atoms. The van der Waals surface area contributed by atoms with Gasteiger partial charge in [0.1, 0.15) is 0 Å². The molecular weight excluding hydrogens is 361 g/mol. The van der Waals surface area contributed by atoms with Crippen molar-refractivity contribution >= 4 is 46.2 Å². The van der Waals surface area contributed by atoms with Crippen molar-refractivity contribution < 1.29 is 13.2 Å². The normalized spacial score (nSPS) is 16.7. The number of nitrogens with one attached hydrogen (secondary N) is 1. The monoisotopic (exact) mass is 383 g/mol. The quantitative estimate of drug-likeness (QED) is 0.752. The van der Waals surface area contributed by atoms with Gasteiger partial charge in [-0.2, -0.15) is 0 Å². The van der Waals surface area contributed by atoms with E-state index in [-0.39, 0.29) is 42.2 Å². The van der Waals surface area contributed by atoms with E-state index in [1.54, 1.807) is 12.1 Å². The van der Waals surface area contributed by atoms with E-state index in [4.69, 9.17) is 5.73 Å². The zero-order valence-electron chi connectivity index (χ0n) is 12.9. The maximum atomic E-state index is 12.1. The zero-order chi connectivity index (χ0) is 15.5. The second-order valence-electron chi connectivity index (χ2n) is 5.32. The van der Waals surface area contributed by atoms with Crippen LogP contribution in [0.2, 0.25) is 0 Å². The number of nitrogens with two attached hydrogens (primary N) is 1. The molecule has 3 N–H and O–H groups in total. The molecule has 0 atom stereocenters. The number of sulfone groups is 1. The number of hydrogen-bond acceptors (Lipinski definition) is 5. The van der Waals surface area contributed by atoms with E-state index in [1.165, 1.54) is 0 Å². The molecule has 0 saturated carbocycles. The molecule has 0 aromatic heterocycles. The van der Waals surface area contributed by atoms with Gasteiger partial charge >= 0.3 is 0 Å². The van der Waals surface area contributed by atoms with Crippen LogP contribution in [0.15, 0.2) is 18.2 Å². The van der Waals surface area contributed by atoms with E-state index in [9.17, 15) is 13.2 Å². The molecule has 1 aromatic carbocycles. The maximum Gasteiger partial charge on any atom is 0.251 e. The summed E-state index contributed by atoms with van der Waals surface area (Å²) in [5.74, 6) is 0.259. The molecule has 132 valence electrons. The van der Waals surface area contributed by atoms with Crippen molar-refractivity contribution in [3.05, 3.63) is 29.3 Å². The third-order valence-corrected chi connectivity index (χ3v) is 5.27. The summed E-state index contributed by atoms with van der Waals surface area (Å²) in [6, 6.07) is 5.25. The number of hydrogen-bond donors (Lipinski definition) is 2. The molecule has 9 heteroatoms. The topological polar surface area (TPSA) is 92.5 Å². The third-order valence-electron chi connectivity index (χ3n) is 3.66. The standard InChI is InChI=1S/C14H21N3O3S.2ClH/c1-11-2-3-12(15)10-13(11)14(18)16-4-5-17-6-8-21(19,20)9-7-17;;/h2-3,10H,4-9,15H2,1H3,(H,16,18);2*1H. The molecular formula is C14H23Cl2N3O3S. The average molecular weight is 384 g/mol. The number of carbonyl (C=O) groups excluding carboxylic acids is 1. The zero-order valence-corrected chi connectivity index (χ0v) is 15.4. The van der Waals surface area contributed by atoms with Crippen LogP contribution in [0.5, 0.6) is 0 Å². The summed E-state index contributed by atoms with van der Waals surface area (Å²) in [7, 11) is -2.85. The van der Waals surface area contributed by atoms with Gasteiger partial charge in [0.25, 0.3) is 5.91 Å². The summed E-state index contributed by atoms with van der Waals surface area (Å²) < 4.78 is 22.6. The molecule has 1 saturated heterocycles. The minimum absolute atomic E-state index is 0. The molecule has 1 aliphatic rings. The first kappa shape index (κ1) is 22.0. The molecule has 1 fully saturated rings. The van der Waals surface area contributed by atoms with Gasteiger partial charge in [0.05, 0.1) is 11.5 Å². The van der Waals surface area contributed by atoms with Crippen LogP contribution in [-0.2, 0) is 9.84 Å². The fourth-order valence-corrected chi connectivity index (χ4v) is 3.56. The Morgan fingerprint density at radius 2 is 1.87 bits per heavy atom. The van der Waals surface area contributed by atoms with E-state index >= 15 is 0 Å². The summed E-state index contributed by atoms with van der Waals surface area (Å²) in [6.07, 6.45) is 0. The number of anilines is 1. The molecule has 0 bridgehead atoms. The van der Waals surface area contributed by atoms with Crippen LogP contribution in [-0.4, -0.2) is 56.9 Å². The lowest BCUT2D eigenvalue weighted by Crippen LogP contribution is -2.43. The van der Waals surface area contributed by atoms with E-state index in [1.807, 2.05) is 17.9 Å². The van der Waals surface area contributed by atoms with Gasteiger partial charge < -0.3 is 11.1 Å². The first-order chi connectivity index (χ1) is 9.87. The lowest BCUT2D eigenvalue weighted by molar-refractivity contribution is 0.0948. The highest BCUT2D eigenvalue weighted by atomic mass is 35.5. The molecule has 1 amide bonds. The Morgan fingerprint density at radius 1 is 1.26 bits per heavy atom. The van der Waals surface area contributed by atoms with Gasteiger partial charge in [-0.25, -0.2) is 8.42 Å². The summed E-state index contributed by atoms with van der Waals surface area (Å²) in [4.78, 5) is 14.1. The second kappa shape index (κ2) is 9.32. The number of aryl methyl sites for hydroxylation is 1. The Kier molecular flexibility index (Phi) is 8.90. The third kappa shape index (κ3) is 6.55.